The van der Waals surface area contributed by atoms with Gasteiger partial charge in [-0.15, -0.1) is 10.2 Å². The van der Waals surface area contributed by atoms with Gasteiger partial charge in [-0.3, -0.25) is 10.1 Å². The van der Waals surface area contributed by atoms with Gasteiger partial charge in [0.2, 0.25) is 11.0 Å². The molecule has 0 saturated carbocycles. The molecule has 1 heterocycles. The van der Waals surface area contributed by atoms with Crippen LogP contribution in [0.25, 0.3) is 10.6 Å². The lowest BCUT2D eigenvalue weighted by Gasteiger charge is -2.23. The van der Waals surface area contributed by atoms with E-state index in [0.29, 0.717) is 34.9 Å². The average molecular weight is 576 g/mol. The minimum Gasteiger partial charge on any atom is -0.497 e. The Labute approximate surface area is 222 Å². The molecule has 2 unspecified atom stereocenters. The van der Waals surface area contributed by atoms with E-state index in [9.17, 15) is 35.9 Å². The second-order valence-electron chi connectivity index (χ2n) is 8.39. The van der Waals surface area contributed by atoms with Gasteiger partial charge < -0.3 is 15.4 Å². The van der Waals surface area contributed by atoms with Gasteiger partial charge in [0.05, 0.1) is 18.2 Å². The molecule has 0 spiro atoms. The summed E-state index contributed by atoms with van der Waals surface area (Å²) in [5, 5.41) is 15.4. The molecule has 210 valence electrons. The first kappa shape index (κ1) is 29.7. The van der Waals surface area contributed by atoms with E-state index in [1.807, 2.05) is 5.32 Å². The van der Waals surface area contributed by atoms with Crippen LogP contribution in [0.5, 0.6) is 5.75 Å². The van der Waals surface area contributed by atoms with Gasteiger partial charge in [-0.2, -0.15) is 26.3 Å². The molecule has 15 heteroatoms. The maximum Gasteiger partial charge on any atom is 0.416 e. The first-order valence-electron chi connectivity index (χ1n) is 11.4. The number of anilines is 2. The highest BCUT2D eigenvalue weighted by Gasteiger charge is 2.37. The number of carbonyl (C=O) groups excluding carboxylic acids is 2. The standard InChI is InChI=1S/C24H23F6N5O3S/c1-4-12(2)18(19(36)33-22-35-34-20(39-22)13-5-7-17(38-3)8-6-13)32-21(37)31-16-10-14(23(25,26)27)9-15(11-16)24(28,29)30/h5-12,18H,4H2,1-3H3,(H2,31,32,37)(H,33,35,36). The van der Waals surface area contributed by atoms with Crippen molar-refractivity contribution in [1.29, 1.82) is 0 Å². The summed E-state index contributed by atoms with van der Waals surface area (Å²) in [6.07, 6.45) is -9.76. The fourth-order valence-electron chi connectivity index (χ4n) is 3.34. The molecular formula is C24H23F6N5O3S. The summed E-state index contributed by atoms with van der Waals surface area (Å²) in [4.78, 5) is 25.5. The van der Waals surface area contributed by atoms with Gasteiger partial charge >= 0.3 is 18.4 Å². The van der Waals surface area contributed by atoms with E-state index >= 15 is 0 Å². The molecule has 1 aromatic heterocycles. The molecule has 0 bridgehead atoms. The Morgan fingerprint density at radius 3 is 2.05 bits per heavy atom. The van der Waals surface area contributed by atoms with Crippen LogP contribution in [0.4, 0.5) is 42.0 Å². The van der Waals surface area contributed by atoms with Crippen molar-refractivity contribution in [1.82, 2.24) is 15.5 Å². The number of methoxy groups -OCH3 is 1. The predicted octanol–water partition coefficient (Wildman–Crippen LogP) is 6.43. The Bertz CT molecular complexity index is 1280. The number of urea groups is 1. The van der Waals surface area contributed by atoms with E-state index in [2.05, 4.69) is 20.8 Å². The second kappa shape index (κ2) is 11.9. The Morgan fingerprint density at radius 2 is 1.54 bits per heavy atom. The number of amides is 3. The number of carbonyl (C=O) groups is 2. The predicted molar refractivity (Wildman–Crippen MR) is 132 cm³/mol. The topological polar surface area (TPSA) is 105 Å². The van der Waals surface area contributed by atoms with Crippen LogP contribution in [0.3, 0.4) is 0 Å². The molecular weight excluding hydrogens is 552 g/mol. The Kier molecular flexibility index (Phi) is 9.04. The quantitative estimate of drug-likeness (QED) is 0.269. The van der Waals surface area contributed by atoms with Gasteiger partial charge in [0.15, 0.2) is 0 Å². The second-order valence-corrected chi connectivity index (χ2v) is 9.36. The lowest BCUT2D eigenvalue weighted by atomic mass is 9.98. The number of benzene rings is 2. The molecule has 0 fully saturated rings. The van der Waals surface area contributed by atoms with E-state index in [1.165, 1.54) is 7.11 Å². The van der Waals surface area contributed by atoms with Crippen LogP contribution in [0.2, 0.25) is 0 Å². The average Bonchev–Trinajstić information content (AvgIpc) is 3.34. The van der Waals surface area contributed by atoms with Crippen LogP contribution in [0, 0.1) is 5.92 Å². The lowest BCUT2D eigenvalue weighted by molar-refractivity contribution is -0.143. The highest BCUT2D eigenvalue weighted by molar-refractivity contribution is 7.18. The molecule has 0 radical (unpaired) electrons. The number of ether oxygens (including phenoxy) is 1. The molecule has 39 heavy (non-hydrogen) atoms. The molecule has 3 amide bonds. The molecule has 0 aliphatic carbocycles. The van der Waals surface area contributed by atoms with E-state index in [-0.39, 0.29) is 11.2 Å². The number of halogens is 6. The highest BCUT2D eigenvalue weighted by atomic mass is 32.1. The summed E-state index contributed by atoms with van der Waals surface area (Å²) in [7, 11) is 1.52. The first-order valence-corrected chi connectivity index (χ1v) is 12.2. The molecule has 2 aromatic carbocycles. The van der Waals surface area contributed by atoms with E-state index < -0.39 is 53.1 Å². The molecule has 2 atom stereocenters. The summed E-state index contributed by atoms with van der Waals surface area (Å²) in [6.45, 7) is 3.37. The van der Waals surface area contributed by atoms with Gasteiger partial charge in [-0.25, -0.2) is 4.79 Å². The zero-order valence-electron chi connectivity index (χ0n) is 20.7. The van der Waals surface area contributed by atoms with Gasteiger partial charge in [-0.05, 0) is 48.4 Å². The summed E-state index contributed by atoms with van der Waals surface area (Å²) in [6, 6.07) is 5.26. The van der Waals surface area contributed by atoms with Crippen molar-refractivity contribution in [3.63, 3.8) is 0 Å². The zero-order valence-corrected chi connectivity index (χ0v) is 21.5. The number of rotatable bonds is 8. The van der Waals surface area contributed by atoms with Crippen LogP contribution in [0.15, 0.2) is 42.5 Å². The number of nitrogens with one attached hydrogen (secondary N) is 3. The number of hydrogen-bond acceptors (Lipinski definition) is 6. The SMILES string of the molecule is CCC(C)C(NC(=O)Nc1cc(C(F)(F)F)cc(C(F)(F)F)c1)C(=O)Nc1nnc(-c2ccc(OC)cc2)s1. The van der Waals surface area contributed by atoms with Crippen LogP contribution in [0.1, 0.15) is 31.4 Å². The molecule has 3 aromatic rings. The highest BCUT2D eigenvalue weighted by Crippen LogP contribution is 2.37. The van der Waals surface area contributed by atoms with Gasteiger partial charge in [0.25, 0.3) is 0 Å². The molecule has 0 aliphatic rings. The van der Waals surface area contributed by atoms with Crippen molar-refractivity contribution in [2.24, 2.45) is 5.92 Å². The Morgan fingerprint density at radius 1 is 0.949 bits per heavy atom. The van der Waals surface area contributed by atoms with Crippen LogP contribution < -0.4 is 20.7 Å². The molecule has 0 aliphatic heterocycles. The first-order chi connectivity index (χ1) is 18.2. The zero-order chi connectivity index (χ0) is 29.0. The molecule has 3 N–H and O–H groups in total. The monoisotopic (exact) mass is 575 g/mol. The van der Waals surface area contributed by atoms with Crippen molar-refractivity contribution in [2.45, 2.75) is 38.7 Å². The van der Waals surface area contributed by atoms with Gasteiger partial charge in [-0.1, -0.05) is 31.6 Å². The Hall–Kier alpha value is -3.88. The summed E-state index contributed by atoms with van der Waals surface area (Å²) in [5.74, 6) is -0.522. The summed E-state index contributed by atoms with van der Waals surface area (Å²) >= 11 is 1.06. The maximum atomic E-state index is 13.1. The lowest BCUT2D eigenvalue weighted by Crippen LogP contribution is -2.49. The van der Waals surface area contributed by atoms with Crippen molar-refractivity contribution in [3.05, 3.63) is 53.6 Å². The van der Waals surface area contributed by atoms with Crippen LogP contribution in [-0.2, 0) is 17.1 Å². The van der Waals surface area contributed by atoms with E-state index in [4.69, 9.17) is 4.74 Å². The Balaban J connectivity index is 1.75. The van der Waals surface area contributed by atoms with Crippen molar-refractivity contribution < 1.29 is 40.7 Å². The molecule has 3 rings (SSSR count). The maximum absolute atomic E-state index is 13.1. The summed E-state index contributed by atoms with van der Waals surface area (Å²) < 4.78 is 83.9. The van der Waals surface area contributed by atoms with Crippen LogP contribution >= 0.6 is 11.3 Å². The third kappa shape index (κ3) is 7.81. The minimum absolute atomic E-state index is 0.0548. The third-order valence-corrected chi connectivity index (χ3v) is 6.51. The normalized spacial score (nSPS) is 13.4. The fourth-order valence-corrected chi connectivity index (χ4v) is 4.10. The number of nitrogens with zero attached hydrogens (tertiary/aromatic N) is 2. The minimum atomic E-state index is -5.08. The molecule has 0 saturated heterocycles. The fraction of sp³-hybridized carbons (Fsp3) is 0.333. The van der Waals surface area contributed by atoms with Crippen molar-refractivity contribution >= 4 is 34.1 Å². The summed E-state index contributed by atoms with van der Waals surface area (Å²) in [5.41, 5.74) is -3.21. The van der Waals surface area contributed by atoms with E-state index in [0.717, 1.165) is 11.3 Å². The largest absolute Gasteiger partial charge is 0.497 e. The number of alkyl halides is 6. The van der Waals surface area contributed by atoms with Gasteiger partial charge in [0, 0.05) is 11.3 Å². The van der Waals surface area contributed by atoms with Gasteiger partial charge in [0.1, 0.15) is 16.8 Å². The molecule has 8 nitrogen and oxygen atoms in total. The van der Waals surface area contributed by atoms with Crippen molar-refractivity contribution in [3.8, 4) is 16.3 Å². The number of aromatic nitrogens is 2. The smallest absolute Gasteiger partial charge is 0.416 e. The van der Waals surface area contributed by atoms with Crippen LogP contribution in [-0.4, -0.2) is 35.3 Å². The number of hydrogen-bond donors (Lipinski definition) is 3. The third-order valence-electron chi connectivity index (χ3n) is 5.62. The van der Waals surface area contributed by atoms with E-state index in [1.54, 1.807) is 38.1 Å². The van der Waals surface area contributed by atoms with Crippen molar-refractivity contribution in [2.75, 3.05) is 17.7 Å².